The molecule has 6 nitrogen and oxygen atoms in total. The third-order valence-corrected chi connectivity index (χ3v) is 4.28. The molecule has 1 amide bonds. The van der Waals surface area contributed by atoms with Gasteiger partial charge in [-0.2, -0.15) is 0 Å². The highest BCUT2D eigenvalue weighted by molar-refractivity contribution is 9.10. The molecule has 0 aromatic heterocycles. The minimum atomic E-state index is -0.563. The van der Waals surface area contributed by atoms with E-state index in [9.17, 15) is 14.9 Å². The van der Waals surface area contributed by atoms with Gasteiger partial charge >= 0.3 is 0 Å². The summed E-state index contributed by atoms with van der Waals surface area (Å²) in [6.45, 7) is 1.67. The van der Waals surface area contributed by atoms with Gasteiger partial charge in [-0.25, -0.2) is 0 Å². The zero-order chi connectivity index (χ0) is 17.9. The number of amides is 1. The third kappa shape index (κ3) is 4.28. The van der Waals surface area contributed by atoms with E-state index in [1.807, 2.05) is 0 Å². The second-order valence-corrected chi connectivity index (χ2v) is 6.43. The summed E-state index contributed by atoms with van der Waals surface area (Å²) in [4.78, 5) is 22.5. The standard InChI is InChI=1S/C15H11BrClN3O3S/c1-8-6-13(20(22)23)11(17)7-12(8)18-15(24)19-14(21)9-4-2-3-5-10(9)16/h2-7H,1H3,(H2,18,19,21,24). The van der Waals surface area contributed by atoms with Gasteiger partial charge in [-0.3, -0.25) is 20.2 Å². The van der Waals surface area contributed by atoms with E-state index in [2.05, 4.69) is 26.6 Å². The van der Waals surface area contributed by atoms with Gasteiger partial charge in [0.05, 0.1) is 10.5 Å². The van der Waals surface area contributed by atoms with Crippen molar-refractivity contribution in [2.45, 2.75) is 6.92 Å². The van der Waals surface area contributed by atoms with Crippen LogP contribution < -0.4 is 10.6 Å². The zero-order valence-electron chi connectivity index (χ0n) is 12.3. The van der Waals surface area contributed by atoms with Crippen LogP contribution in [-0.2, 0) is 0 Å². The van der Waals surface area contributed by atoms with Crippen LogP contribution in [0.15, 0.2) is 40.9 Å². The Morgan fingerprint density at radius 3 is 2.62 bits per heavy atom. The molecule has 2 N–H and O–H groups in total. The first kappa shape index (κ1) is 18.3. The van der Waals surface area contributed by atoms with E-state index < -0.39 is 4.92 Å². The predicted octanol–water partition coefficient (Wildman–Crippen LogP) is 4.45. The molecule has 0 saturated heterocycles. The number of nitrogens with one attached hydrogen (secondary N) is 2. The Morgan fingerprint density at radius 1 is 1.33 bits per heavy atom. The smallest absolute Gasteiger partial charge is 0.288 e. The first-order valence-electron chi connectivity index (χ1n) is 6.61. The first-order chi connectivity index (χ1) is 11.3. The SMILES string of the molecule is Cc1cc([N+](=O)[O-])c(Cl)cc1NC(=S)NC(=O)c1ccccc1Br. The highest BCUT2D eigenvalue weighted by atomic mass is 79.9. The van der Waals surface area contributed by atoms with Crippen molar-refractivity contribution in [1.29, 1.82) is 0 Å². The third-order valence-electron chi connectivity index (χ3n) is 3.08. The highest BCUT2D eigenvalue weighted by Crippen LogP contribution is 2.30. The van der Waals surface area contributed by atoms with Gasteiger partial charge in [0.2, 0.25) is 0 Å². The van der Waals surface area contributed by atoms with E-state index >= 15 is 0 Å². The summed E-state index contributed by atoms with van der Waals surface area (Å²) < 4.78 is 0.639. The van der Waals surface area contributed by atoms with Crippen molar-refractivity contribution >= 4 is 62.1 Å². The zero-order valence-corrected chi connectivity index (χ0v) is 15.5. The number of carbonyl (C=O) groups excluding carboxylic acids is 1. The first-order valence-corrected chi connectivity index (χ1v) is 8.19. The molecule has 2 aromatic rings. The van der Waals surface area contributed by atoms with Crippen LogP contribution in [-0.4, -0.2) is 15.9 Å². The van der Waals surface area contributed by atoms with Crippen LogP contribution in [0.1, 0.15) is 15.9 Å². The lowest BCUT2D eigenvalue weighted by Crippen LogP contribution is -2.34. The summed E-state index contributed by atoms with van der Waals surface area (Å²) in [6.07, 6.45) is 0. The van der Waals surface area contributed by atoms with Crippen molar-refractivity contribution in [2.75, 3.05) is 5.32 Å². The highest BCUT2D eigenvalue weighted by Gasteiger charge is 2.16. The molecular weight excluding hydrogens is 418 g/mol. The molecule has 0 spiro atoms. The Bertz CT molecular complexity index is 845. The molecule has 0 fully saturated rings. The van der Waals surface area contributed by atoms with Crippen molar-refractivity contribution < 1.29 is 9.72 Å². The second kappa shape index (κ2) is 7.69. The molecule has 0 aliphatic carbocycles. The Hall–Kier alpha value is -2.03. The van der Waals surface area contributed by atoms with Crippen LogP contribution in [0.5, 0.6) is 0 Å². The summed E-state index contributed by atoms with van der Waals surface area (Å²) >= 11 is 14.3. The van der Waals surface area contributed by atoms with Gasteiger partial charge in [0.25, 0.3) is 11.6 Å². The summed E-state index contributed by atoms with van der Waals surface area (Å²) in [5, 5.41) is 16.3. The molecule has 0 radical (unpaired) electrons. The van der Waals surface area contributed by atoms with Crippen LogP contribution in [0.3, 0.4) is 0 Å². The fraction of sp³-hybridized carbons (Fsp3) is 0.0667. The number of halogens is 2. The Labute approximate surface area is 156 Å². The number of nitro groups is 1. The molecule has 0 unspecified atom stereocenters. The number of aryl methyl sites for hydroxylation is 1. The van der Waals surface area contributed by atoms with Crippen LogP contribution in [0, 0.1) is 17.0 Å². The number of anilines is 1. The molecule has 24 heavy (non-hydrogen) atoms. The largest absolute Gasteiger partial charge is 0.332 e. The van der Waals surface area contributed by atoms with Gasteiger partial charge in [0, 0.05) is 16.2 Å². The van der Waals surface area contributed by atoms with Gasteiger partial charge < -0.3 is 5.32 Å². The van der Waals surface area contributed by atoms with Crippen LogP contribution in [0.25, 0.3) is 0 Å². The number of benzene rings is 2. The molecule has 0 heterocycles. The van der Waals surface area contributed by atoms with Crippen LogP contribution >= 0.6 is 39.7 Å². The number of hydrogen-bond acceptors (Lipinski definition) is 4. The molecule has 0 atom stereocenters. The molecule has 0 aliphatic heterocycles. The fourth-order valence-electron chi connectivity index (χ4n) is 1.91. The van der Waals surface area contributed by atoms with Gasteiger partial charge in [-0.15, -0.1) is 0 Å². The molecule has 124 valence electrons. The van der Waals surface area contributed by atoms with Crippen molar-refractivity contribution in [3.05, 3.63) is 67.1 Å². The summed E-state index contributed by atoms with van der Waals surface area (Å²) in [7, 11) is 0. The van der Waals surface area contributed by atoms with Crippen molar-refractivity contribution in [2.24, 2.45) is 0 Å². The van der Waals surface area contributed by atoms with E-state index in [4.69, 9.17) is 23.8 Å². The van der Waals surface area contributed by atoms with Gasteiger partial charge in [-0.1, -0.05) is 23.7 Å². The van der Waals surface area contributed by atoms with Gasteiger partial charge in [0.15, 0.2) is 5.11 Å². The van der Waals surface area contributed by atoms with Gasteiger partial charge in [-0.05, 0) is 58.8 Å². The molecule has 9 heteroatoms. The van der Waals surface area contributed by atoms with Crippen LogP contribution in [0.2, 0.25) is 5.02 Å². The number of nitro benzene ring substituents is 1. The fourth-order valence-corrected chi connectivity index (χ4v) is 2.81. The van der Waals surface area contributed by atoms with E-state index in [1.165, 1.54) is 12.1 Å². The van der Waals surface area contributed by atoms with E-state index in [0.29, 0.717) is 21.3 Å². The summed E-state index contributed by atoms with van der Waals surface area (Å²) in [5.41, 5.74) is 1.29. The molecular formula is C15H11BrClN3O3S. The Kier molecular flexibility index (Phi) is 5.87. The maximum atomic E-state index is 12.2. The number of thiocarbonyl (C=S) groups is 1. The second-order valence-electron chi connectivity index (χ2n) is 4.76. The summed E-state index contributed by atoms with van der Waals surface area (Å²) in [6, 6.07) is 9.65. The number of hydrogen-bond donors (Lipinski definition) is 2. The lowest BCUT2D eigenvalue weighted by Gasteiger charge is -2.12. The number of nitrogens with zero attached hydrogens (tertiary/aromatic N) is 1. The van der Waals surface area contributed by atoms with Crippen molar-refractivity contribution in [3.63, 3.8) is 0 Å². The van der Waals surface area contributed by atoms with Crippen LogP contribution in [0.4, 0.5) is 11.4 Å². The molecule has 2 aromatic carbocycles. The molecule has 0 aliphatic rings. The van der Waals surface area contributed by atoms with E-state index in [1.54, 1.807) is 31.2 Å². The molecule has 0 bridgehead atoms. The number of rotatable bonds is 3. The number of carbonyl (C=O) groups is 1. The molecule has 0 saturated carbocycles. The predicted molar refractivity (Wildman–Crippen MR) is 101 cm³/mol. The van der Waals surface area contributed by atoms with Gasteiger partial charge in [0.1, 0.15) is 5.02 Å². The minimum absolute atomic E-state index is 0.0203. The average Bonchev–Trinajstić information content (AvgIpc) is 2.50. The Balaban J connectivity index is 2.13. The summed E-state index contributed by atoms with van der Waals surface area (Å²) in [5.74, 6) is -0.384. The van der Waals surface area contributed by atoms with Crippen molar-refractivity contribution in [3.8, 4) is 0 Å². The van der Waals surface area contributed by atoms with E-state index in [0.717, 1.165) is 0 Å². The maximum absolute atomic E-state index is 12.2. The maximum Gasteiger partial charge on any atom is 0.288 e. The van der Waals surface area contributed by atoms with Crippen molar-refractivity contribution in [1.82, 2.24) is 5.32 Å². The molecule has 2 rings (SSSR count). The lowest BCUT2D eigenvalue weighted by molar-refractivity contribution is -0.384. The topological polar surface area (TPSA) is 84.3 Å². The average molecular weight is 429 g/mol. The Morgan fingerprint density at radius 2 is 2.00 bits per heavy atom. The van der Waals surface area contributed by atoms with E-state index in [-0.39, 0.29) is 21.7 Å². The normalized spacial score (nSPS) is 10.1. The lowest BCUT2D eigenvalue weighted by atomic mass is 10.2. The monoisotopic (exact) mass is 427 g/mol. The minimum Gasteiger partial charge on any atom is -0.332 e. The quantitative estimate of drug-likeness (QED) is 0.429.